The summed E-state index contributed by atoms with van der Waals surface area (Å²) in [5.41, 5.74) is 3.57. The third-order valence-electron chi connectivity index (χ3n) is 4.09. The molecule has 0 aliphatic rings. The summed E-state index contributed by atoms with van der Waals surface area (Å²) in [5.74, 6) is 1.16. The van der Waals surface area contributed by atoms with Gasteiger partial charge in [-0.1, -0.05) is 36.4 Å². The quantitative estimate of drug-likeness (QED) is 0.733. The number of hydrogen-bond acceptors (Lipinski definition) is 3. The molecule has 2 N–H and O–H groups in total. The molecule has 3 rings (SSSR count). The molecule has 0 fully saturated rings. The molecule has 0 aliphatic heterocycles. The molecule has 22 heavy (non-hydrogen) atoms. The van der Waals surface area contributed by atoms with Gasteiger partial charge in [-0.05, 0) is 37.2 Å². The molecule has 0 saturated carbocycles. The number of methoxy groups -OCH3 is 1. The van der Waals surface area contributed by atoms with Crippen LogP contribution < -0.4 is 10.1 Å². The van der Waals surface area contributed by atoms with Gasteiger partial charge in [-0.15, -0.1) is 0 Å². The lowest BCUT2D eigenvalue weighted by Gasteiger charge is -2.19. The zero-order valence-corrected chi connectivity index (χ0v) is 13.0. The van der Waals surface area contributed by atoms with Gasteiger partial charge in [0.15, 0.2) is 0 Å². The van der Waals surface area contributed by atoms with E-state index in [2.05, 4.69) is 51.9 Å². The molecule has 2 aromatic carbocycles. The number of hydrogen-bond donors (Lipinski definition) is 2. The van der Waals surface area contributed by atoms with Gasteiger partial charge in [0.2, 0.25) is 0 Å². The summed E-state index contributed by atoms with van der Waals surface area (Å²) in [5, 5.41) is 11.6. The van der Waals surface area contributed by atoms with Crippen molar-refractivity contribution < 1.29 is 4.74 Å². The summed E-state index contributed by atoms with van der Waals surface area (Å²) >= 11 is 0. The molecule has 0 amide bonds. The van der Waals surface area contributed by atoms with Crippen LogP contribution in [0.3, 0.4) is 0 Å². The summed E-state index contributed by atoms with van der Waals surface area (Å²) in [6.45, 7) is 0.963. The first kappa shape index (κ1) is 14.6. The topological polar surface area (TPSA) is 49.9 Å². The van der Waals surface area contributed by atoms with E-state index in [4.69, 9.17) is 4.74 Å². The van der Waals surface area contributed by atoms with Gasteiger partial charge in [-0.2, -0.15) is 5.10 Å². The summed E-state index contributed by atoms with van der Waals surface area (Å²) in [6, 6.07) is 14.8. The van der Waals surface area contributed by atoms with Gasteiger partial charge in [-0.25, -0.2) is 0 Å². The molecule has 1 atom stereocenters. The van der Waals surface area contributed by atoms with Crippen molar-refractivity contribution in [1.29, 1.82) is 0 Å². The van der Waals surface area contributed by atoms with E-state index in [0.29, 0.717) is 5.92 Å². The van der Waals surface area contributed by atoms with Crippen LogP contribution in [0.15, 0.2) is 48.7 Å². The highest BCUT2D eigenvalue weighted by molar-refractivity contribution is 5.88. The minimum Gasteiger partial charge on any atom is -0.494 e. The van der Waals surface area contributed by atoms with Crippen molar-refractivity contribution in [3.63, 3.8) is 0 Å². The first-order valence-corrected chi connectivity index (χ1v) is 7.54. The van der Waals surface area contributed by atoms with E-state index in [1.54, 1.807) is 7.11 Å². The first-order valence-electron chi connectivity index (χ1n) is 7.54. The Morgan fingerprint density at radius 2 is 2.00 bits per heavy atom. The molecule has 0 unspecified atom stereocenters. The van der Waals surface area contributed by atoms with E-state index >= 15 is 0 Å². The average molecular weight is 295 g/mol. The van der Waals surface area contributed by atoms with Crippen LogP contribution >= 0.6 is 0 Å². The van der Waals surface area contributed by atoms with Gasteiger partial charge in [-0.3, -0.25) is 5.10 Å². The molecular weight excluding hydrogens is 274 g/mol. The largest absolute Gasteiger partial charge is 0.494 e. The Kier molecular flexibility index (Phi) is 4.39. The highest BCUT2D eigenvalue weighted by atomic mass is 16.5. The first-order chi connectivity index (χ1) is 10.8. The predicted molar refractivity (Wildman–Crippen MR) is 89.5 cm³/mol. The van der Waals surface area contributed by atoms with Crippen LogP contribution in [-0.2, 0) is 0 Å². The van der Waals surface area contributed by atoms with E-state index in [9.17, 15) is 0 Å². The van der Waals surface area contributed by atoms with Crippen molar-refractivity contribution in [1.82, 2.24) is 15.5 Å². The fourth-order valence-electron chi connectivity index (χ4n) is 2.98. The van der Waals surface area contributed by atoms with E-state index < -0.39 is 0 Å². The third kappa shape index (κ3) is 2.70. The highest BCUT2D eigenvalue weighted by Gasteiger charge is 2.18. The Morgan fingerprint density at radius 1 is 1.18 bits per heavy atom. The molecule has 4 heteroatoms. The van der Waals surface area contributed by atoms with Crippen molar-refractivity contribution in [3.05, 3.63) is 59.8 Å². The van der Waals surface area contributed by atoms with Gasteiger partial charge < -0.3 is 10.1 Å². The number of aromatic amines is 1. The molecular formula is C18H21N3O. The second-order valence-electron chi connectivity index (χ2n) is 5.37. The Bertz CT molecular complexity index is 736. The molecule has 0 radical (unpaired) electrons. The van der Waals surface area contributed by atoms with Crippen LogP contribution in [0.1, 0.15) is 23.5 Å². The number of ether oxygens (including phenoxy) is 1. The Balaban J connectivity index is 2.10. The van der Waals surface area contributed by atoms with Crippen molar-refractivity contribution in [2.24, 2.45) is 0 Å². The number of H-pyrrole nitrogens is 1. The lowest BCUT2D eigenvalue weighted by atomic mass is 9.86. The number of benzene rings is 2. The standard InChI is InChI=1S/C18H21N3O/c1-19-11-10-14(13-6-4-3-5-7-13)15-8-9-17(22-2)18-16(15)12-20-21-18/h3-9,12,14,19H,10-11H2,1-2H3,(H,20,21)/t14-/m1/s1. The molecule has 114 valence electrons. The van der Waals surface area contributed by atoms with Gasteiger partial charge in [0, 0.05) is 11.3 Å². The zero-order valence-electron chi connectivity index (χ0n) is 13.0. The molecule has 1 aromatic heterocycles. The second kappa shape index (κ2) is 6.62. The number of aromatic nitrogens is 2. The van der Waals surface area contributed by atoms with Crippen molar-refractivity contribution in [2.75, 3.05) is 20.7 Å². The Morgan fingerprint density at radius 3 is 2.73 bits per heavy atom. The lowest BCUT2D eigenvalue weighted by Crippen LogP contribution is -2.13. The minimum atomic E-state index is 0.333. The highest BCUT2D eigenvalue weighted by Crippen LogP contribution is 2.35. The van der Waals surface area contributed by atoms with Crippen LogP contribution in [0.2, 0.25) is 0 Å². The number of fused-ring (bicyclic) bond motifs is 1. The van der Waals surface area contributed by atoms with E-state index in [-0.39, 0.29) is 0 Å². The van der Waals surface area contributed by atoms with Crippen molar-refractivity contribution in [2.45, 2.75) is 12.3 Å². The van der Waals surface area contributed by atoms with E-state index in [1.807, 2.05) is 19.3 Å². The summed E-state index contributed by atoms with van der Waals surface area (Å²) in [7, 11) is 3.68. The van der Waals surface area contributed by atoms with E-state index in [1.165, 1.54) is 11.1 Å². The number of nitrogens with one attached hydrogen (secondary N) is 2. The maximum Gasteiger partial charge on any atom is 0.144 e. The van der Waals surface area contributed by atoms with Crippen LogP contribution in [0.25, 0.3) is 10.9 Å². The van der Waals surface area contributed by atoms with E-state index in [0.717, 1.165) is 29.6 Å². The summed E-state index contributed by atoms with van der Waals surface area (Å²) in [6.07, 6.45) is 2.93. The van der Waals surface area contributed by atoms with Crippen LogP contribution in [-0.4, -0.2) is 30.9 Å². The number of rotatable bonds is 6. The zero-order chi connectivity index (χ0) is 15.4. The molecule has 3 aromatic rings. The van der Waals surface area contributed by atoms with Crippen LogP contribution in [0, 0.1) is 0 Å². The molecule has 0 bridgehead atoms. The normalized spacial score (nSPS) is 12.5. The van der Waals surface area contributed by atoms with Gasteiger partial charge >= 0.3 is 0 Å². The number of nitrogens with zero attached hydrogens (tertiary/aromatic N) is 1. The molecule has 1 heterocycles. The van der Waals surface area contributed by atoms with Gasteiger partial charge in [0.25, 0.3) is 0 Å². The molecule has 0 saturated heterocycles. The Hall–Kier alpha value is -2.33. The second-order valence-corrected chi connectivity index (χ2v) is 5.37. The van der Waals surface area contributed by atoms with Crippen molar-refractivity contribution in [3.8, 4) is 5.75 Å². The molecule has 0 aliphatic carbocycles. The fraction of sp³-hybridized carbons (Fsp3) is 0.278. The fourth-order valence-corrected chi connectivity index (χ4v) is 2.98. The lowest BCUT2D eigenvalue weighted by molar-refractivity contribution is 0.418. The van der Waals surface area contributed by atoms with Crippen LogP contribution in [0.4, 0.5) is 0 Å². The predicted octanol–water partition coefficient (Wildman–Crippen LogP) is 3.31. The molecule has 0 spiro atoms. The summed E-state index contributed by atoms with van der Waals surface area (Å²) in [4.78, 5) is 0. The average Bonchev–Trinajstić information content (AvgIpc) is 3.06. The van der Waals surface area contributed by atoms with Gasteiger partial charge in [0.05, 0.1) is 13.3 Å². The SMILES string of the molecule is CNCC[C@H](c1ccccc1)c1ccc(OC)c2[nH]ncc12. The maximum atomic E-state index is 5.42. The van der Waals surface area contributed by atoms with Gasteiger partial charge in [0.1, 0.15) is 11.3 Å². The van der Waals surface area contributed by atoms with Crippen molar-refractivity contribution >= 4 is 10.9 Å². The third-order valence-corrected chi connectivity index (χ3v) is 4.09. The minimum absolute atomic E-state index is 0.333. The Labute approximate surface area is 130 Å². The maximum absolute atomic E-state index is 5.42. The summed E-state index contributed by atoms with van der Waals surface area (Å²) < 4.78 is 5.42. The molecule has 4 nitrogen and oxygen atoms in total. The van der Waals surface area contributed by atoms with Crippen LogP contribution in [0.5, 0.6) is 5.75 Å². The monoisotopic (exact) mass is 295 g/mol. The smallest absolute Gasteiger partial charge is 0.144 e.